The molecule has 0 saturated heterocycles. The molecule has 2 N–H and O–H groups in total. The zero-order chi connectivity index (χ0) is 13.8. The number of thioether (sulfide) groups is 1. The summed E-state index contributed by atoms with van der Waals surface area (Å²) in [7, 11) is 0. The summed E-state index contributed by atoms with van der Waals surface area (Å²) in [5.74, 6) is 2.17. The van der Waals surface area contributed by atoms with E-state index in [0.717, 1.165) is 29.3 Å². The maximum atomic E-state index is 5.94. The fourth-order valence-corrected chi connectivity index (χ4v) is 2.79. The second kappa shape index (κ2) is 6.06. The fourth-order valence-electron chi connectivity index (χ4n) is 1.90. The average Bonchev–Trinajstić information content (AvgIpc) is 2.41. The van der Waals surface area contributed by atoms with Crippen LogP contribution in [-0.2, 0) is 12.2 Å². The van der Waals surface area contributed by atoms with Crippen molar-refractivity contribution in [2.45, 2.75) is 37.8 Å². The molecule has 19 heavy (non-hydrogen) atoms. The number of hydrogen-bond donors (Lipinski definition) is 1. The Bertz CT molecular complexity index is 582. The smallest absolute Gasteiger partial charge is 0.141 e. The Morgan fingerprint density at radius 2 is 1.89 bits per heavy atom. The Hall–Kier alpha value is -1.55. The number of nitrogens with zero attached hydrogens (tertiary/aromatic N) is 2. The summed E-state index contributed by atoms with van der Waals surface area (Å²) in [6.07, 6.45) is 0.889. The van der Waals surface area contributed by atoms with Crippen LogP contribution in [0.3, 0.4) is 0 Å². The van der Waals surface area contributed by atoms with E-state index in [9.17, 15) is 0 Å². The van der Waals surface area contributed by atoms with Crippen LogP contribution in [-0.4, -0.2) is 9.97 Å². The summed E-state index contributed by atoms with van der Waals surface area (Å²) in [6.45, 7) is 6.18. The number of aromatic nitrogens is 2. The maximum Gasteiger partial charge on any atom is 0.141 e. The molecular formula is C15H19N3S. The molecular weight excluding hydrogens is 254 g/mol. The van der Waals surface area contributed by atoms with Crippen LogP contribution in [0.5, 0.6) is 0 Å². The SMILES string of the molecule is CCc1nc(CSc2ccccc2C)nc(N)c1C. The molecule has 0 amide bonds. The van der Waals surface area contributed by atoms with Gasteiger partial charge in [-0.3, -0.25) is 0 Å². The predicted molar refractivity (Wildman–Crippen MR) is 81.3 cm³/mol. The Morgan fingerprint density at radius 3 is 2.58 bits per heavy atom. The maximum absolute atomic E-state index is 5.94. The Kier molecular flexibility index (Phi) is 4.43. The van der Waals surface area contributed by atoms with Gasteiger partial charge in [-0.1, -0.05) is 25.1 Å². The van der Waals surface area contributed by atoms with Crippen LogP contribution in [0.1, 0.15) is 29.6 Å². The van der Waals surface area contributed by atoms with Crippen molar-refractivity contribution in [1.82, 2.24) is 9.97 Å². The Balaban J connectivity index is 2.16. The average molecular weight is 273 g/mol. The molecule has 4 heteroatoms. The van der Waals surface area contributed by atoms with Crippen LogP contribution in [0.4, 0.5) is 5.82 Å². The minimum atomic E-state index is 0.604. The van der Waals surface area contributed by atoms with E-state index < -0.39 is 0 Å². The van der Waals surface area contributed by atoms with Crippen LogP contribution in [0.15, 0.2) is 29.2 Å². The molecule has 0 atom stereocenters. The second-order valence-corrected chi connectivity index (χ2v) is 5.52. The summed E-state index contributed by atoms with van der Waals surface area (Å²) in [6, 6.07) is 8.34. The van der Waals surface area contributed by atoms with Gasteiger partial charge in [0.05, 0.1) is 5.75 Å². The normalized spacial score (nSPS) is 10.7. The minimum Gasteiger partial charge on any atom is -0.383 e. The molecule has 2 aromatic rings. The first-order chi connectivity index (χ1) is 9.11. The van der Waals surface area contributed by atoms with Crippen molar-refractivity contribution < 1.29 is 0 Å². The van der Waals surface area contributed by atoms with Crippen molar-refractivity contribution in [3.8, 4) is 0 Å². The van der Waals surface area contributed by atoms with E-state index in [4.69, 9.17) is 5.73 Å². The van der Waals surface area contributed by atoms with Gasteiger partial charge < -0.3 is 5.73 Å². The molecule has 0 fully saturated rings. The van der Waals surface area contributed by atoms with Gasteiger partial charge in [0.25, 0.3) is 0 Å². The summed E-state index contributed by atoms with van der Waals surface area (Å²) in [5, 5.41) is 0. The van der Waals surface area contributed by atoms with Gasteiger partial charge in [-0.25, -0.2) is 9.97 Å². The number of benzene rings is 1. The molecule has 1 aromatic heterocycles. The van der Waals surface area contributed by atoms with Crippen molar-refractivity contribution >= 4 is 17.6 Å². The molecule has 0 spiro atoms. The van der Waals surface area contributed by atoms with Gasteiger partial charge in [0, 0.05) is 16.2 Å². The monoisotopic (exact) mass is 273 g/mol. The molecule has 2 rings (SSSR count). The summed E-state index contributed by atoms with van der Waals surface area (Å²) in [4.78, 5) is 10.2. The molecule has 0 aliphatic rings. The molecule has 1 aromatic carbocycles. The third-order valence-corrected chi connectivity index (χ3v) is 4.29. The molecule has 0 radical (unpaired) electrons. The van der Waals surface area contributed by atoms with Gasteiger partial charge in [0.1, 0.15) is 11.6 Å². The molecule has 3 nitrogen and oxygen atoms in total. The first-order valence-corrected chi connectivity index (χ1v) is 7.40. The first kappa shape index (κ1) is 13.9. The third kappa shape index (κ3) is 3.26. The van der Waals surface area contributed by atoms with E-state index in [2.05, 4.69) is 48.1 Å². The molecule has 1 heterocycles. The highest BCUT2D eigenvalue weighted by atomic mass is 32.2. The number of rotatable bonds is 4. The first-order valence-electron chi connectivity index (χ1n) is 6.42. The van der Waals surface area contributed by atoms with E-state index in [1.807, 2.05) is 6.92 Å². The number of nitrogens with two attached hydrogens (primary N) is 1. The van der Waals surface area contributed by atoms with Crippen LogP contribution in [0.2, 0.25) is 0 Å². The lowest BCUT2D eigenvalue weighted by atomic mass is 10.2. The van der Waals surface area contributed by atoms with Crippen molar-refractivity contribution in [2.75, 3.05) is 5.73 Å². The van der Waals surface area contributed by atoms with Gasteiger partial charge in [-0.15, -0.1) is 11.8 Å². The highest BCUT2D eigenvalue weighted by Crippen LogP contribution is 2.25. The van der Waals surface area contributed by atoms with Gasteiger partial charge in [-0.2, -0.15) is 0 Å². The van der Waals surface area contributed by atoms with Crippen LogP contribution in [0, 0.1) is 13.8 Å². The second-order valence-electron chi connectivity index (χ2n) is 4.50. The van der Waals surface area contributed by atoms with Gasteiger partial charge in [-0.05, 0) is 31.9 Å². The van der Waals surface area contributed by atoms with Crippen molar-refractivity contribution in [3.05, 3.63) is 46.9 Å². The number of anilines is 1. The van der Waals surface area contributed by atoms with E-state index >= 15 is 0 Å². The number of aryl methyl sites for hydroxylation is 2. The van der Waals surface area contributed by atoms with E-state index in [1.165, 1.54) is 10.5 Å². The molecule has 0 aliphatic heterocycles. The van der Waals surface area contributed by atoms with Crippen molar-refractivity contribution in [3.63, 3.8) is 0 Å². The largest absolute Gasteiger partial charge is 0.383 e. The Morgan fingerprint density at radius 1 is 1.16 bits per heavy atom. The lowest BCUT2D eigenvalue weighted by Gasteiger charge is -2.09. The Labute approximate surface area is 118 Å². The predicted octanol–water partition coefficient (Wildman–Crippen LogP) is 3.53. The van der Waals surface area contributed by atoms with E-state index in [0.29, 0.717) is 5.82 Å². The van der Waals surface area contributed by atoms with E-state index in [1.54, 1.807) is 11.8 Å². The molecule has 0 saturated carbocycles. The topological polar surface area (TPSA) is 51.8 Å². The zero-order valence-electron chi connectivity index (χ0n) is 11.6. The van der Waals surface area contributed by atoms with Gasteiger partial charge >= 0.3 is 0 Å². The number of hydrogen-bond acceptors (Lipinski definition) is 4. The van der Waals surface area contributed by atoms with Crippen molar-refractivity contribution in [2.24, 2.45) is 0 Å². The van der Waals surface area contributed by atoms with Crippen LogP contribution in [0.25, 0.3) is 0 Å². The van der Waals surface area contributed by atoms with Crippen LogP contribution < -0.4 is 5.73 Å². The van der Waals surface area contributed by atoms with Crippen molar-refractivity contribution in [1.29, 1.82) is 0 Å². The highest BCUT2D eigenvalue weighted by molar-refractivity contribution is 7.98. The molecule has 0 bridgehead atoms. The fraction of sp³-hybridized carbons (Fsp3) is 0.333. The highest BCUT2D eigenvalue weighted by Gasteiger charge is 2.08. The van der Waals surface area contributed by atoms with Crippen LogP contribution >= 0.6 is 11.8 Å². The van der Waals surface area contributed by atoms with E-state index in [-0.39, 0.29) is 0 Å². The van der Waals surface area contributed by atoms with Gasteiger partial charge in [0.2, 0.25) is 0 Å². The summed E-state index contributed by atoms with van der Waals surface area (Å²) in [5.41, 5.74) is 9.27. The zero-order valence-corrected chi connectivity index (χ0v) is 12.4. The number of nitrogen functional groups attached to an aromatic ring is 1. The molecule has 0 unspecified atom stereocenters. The lowest BCUT2D eigenvalue weighted by Crippen LogP contribution is -2.06. The quantitative estimate of drug-likeness (QED) is 0.866. The van der Waals surface area contributed by atoms with Gasteiger partial charge in [0.15, 0.2) is 0 Å². The molecule has 0 aliphatic carbocycles. The third-order valence-electron chi connectivity index (χ3n) is 3.12. The molecule has 100 valence electrons. The lowest BCUT2D eigenvalue weighted by molar-refractivity contribution is 0.924. The minimum absolute atomic E-state index is 0.604. The standard InChI is InChI=1S/C15H19N3S/c1-4-12-11(3)15(16)18-14(17-12)9-19-13-8-6-5-7-10(13)2/h5-8H,4,9H2,1-3H3,(H2,16,17,18). The summed E-state index contributed by atoms with van der Waals surface area (Å²) >= 11 is 1.75. The summed E-state index contributed by atoms with van der Waals surface area (Å²) < 4.78 is 0.